The predicted octanol–water partition coefficient (Wildman–Crippen LogP) is 4.40. The van der Waals surface area contributed by atoms with Crippen molar-refractivity contribution in [2.24, 2.45) is 5.41 Å². The number of nitrogens with two attached hydrogens (primary N) is 1. The lowest BCUT2D eigenvalue weighted by atomic mass is 10.0. The Bertz CT molecular complexity index is 582. The minimum absolute atomic E-state index is 0.484. The predicted molar refractivity (Wildman–Crippen MR) is 90.2 cm³/mol. The van der Waals surface area contributed by atoms with E-state index in [4.69, 9.17) is 17.3 Å². The fourth-order valence-corrected chi connectivity index (χ4v) is 2.39. The Kier molecular flexibility index (Phi) is 5.87. The molecule has 21 heavy (non-hydrogen) atoms. The molecule has 4 heteroatoms. The summed E-state index contributed by atoms with van der Waals surface area (Å²) in [5.41, 5.74) is 8.11. The van der Waals surface area contributed by atoms with Crippen molar-refractivity contribution < 1.29 is 0 Å². The summed E-state index contributed by atoms with van der Waals surface area (Å²) in [7, 11) is 0. The van der Waals surface area contributed by atoms with E-state index in [9.17, 15) is 0 Å². The quantitative estimate of drug-likeness (QED) is 0.767. The molecule has 3 nitrogen and oxygen atoms in total. The lowest BCUT2D eigenvalue weighted by molar-refractivity contribution is 0.622. The minimum Gasteiger partial charge on any atom is -0.369 e. The van der Waals surface area contributed by atoms with Crippen LogP contribution in [0, 0.1) is 25.2 Å². The minimum atomic E-state index is 0.484. The summed E-state index contributed by atoms with van der Waals surface area (Å²) < 4.78 is 0. The highest BCUT2D eigenvalue weighted by Crippen LogP contribution is 2.58. The molecule has 0 bridgehead atoms. The summed E-state index contributed by atoms with van der Waals surface area (Å²) in [5.74, 6) is 1.22. The average molecular weight is 304 g/mol. The molecule has 1 saturated carbocycles. The molecule has 0 radical (unpaired) electrons. The maximum absolute atomic E-state index is 5.91. The molecule has 1 aliphatic rings. The number of hydrogen-bond acceptors (Lipinski definition) is 2. The van der Waals surface area contributed by atoms with Crippen LogP contribution in [0.25, 0.3) is 0 Å². The van der Waals surface area contributed by atoms with E-state index in [1.165, 1.54) is 12.0 Å². The number of hydrogen-bond donors (Lipinski definition) is 2. The summed E-state index contributed by atoms with van der Waals surface area (Å²) >= 11 is 5.91. The van der Waals surface area contributed by atoms with E-state index in [0.29, 0.717) is 11.4 Å². The van der Waals surface area contributed by atoms with Crippen LogP contribution in [0.15, 0.2) is 30.5 Å². The Morgan fingerprint density at radius 3 is 2.33 bits per heavy atom. The molecule has 1 heterocycles. The van der Waals surface area contributed by atoms with Crippen LogP contribution in [0.4, 0.5) is 5.95 Å². The molecule has 3 rings (SSSR count). The second-order valence-electron chi connectivity index (χ2n) is 5.75. The molecule has 1 aromatic carbocycles. The summed E-state index contributed by atoms with van der Waals surface area (Å²) in [6.45, 7) is 6.51. The molecule has 3 N–H and O–H groups in total. The Hall–Kier alpha value is -1.92. The number of nitrogens with zero attached hydrogens (tertiary/aromatic N) is 1. The zero-order valence-corrected chi connectivity index (χ0v) is 13.5. The van der Waals surface area contributed by atoms with Gasteiger partial charge in [0.2, 0.25) is 0 Å². The summed E-state index contributed by atoms with van der Waals surface area (Å²) in [6, 6.07) is 8.22. The van der Waals surface area contributed by atoms with Crippen molar-refractivity contribution in [3.63, 3.8) is 0 Å². The number of nitrogen functional groups attached to an aromatic ring is 1. The topological polar surface area (TPSA) is 54.7 Å². The second kappa shape index (κ2) is 7.19. The number of rotatable bonds is 1. The van der Waals surface area contributed by atoms with Crippen LogP contribution in [-0.2, 0) is 0 Å². The van der Waals surface area contributed by atoms with Crippen molar-refractivity contribution in [2.45, 2.75) is 33.1 Å². The van der Waals surface area contributed by atoms with Gasteiger partial charge in [-0.3, -0.25) is 0 Å². The number of anilines is 1. The van der Waals surface area contributed by atoms with Gasteiger partial charge in [-0.1, -0.05) is 37.6 Å². The summed E-state index contributed by atoms with van der Waals surface area (Å²) in [4.78, 5) is 6.54. The van der Waals surface area contributed by atoms with Crippen molar-refractivity contribution in [3.8, 4) is 12.8 Å². The SMILES string of the molecule is C#C.CC1(C)C[C@H]1c1cccc(Cl)c1.Cc1cnc(N)[nH]1. The third-order valence-corrected chi connectivity index (χ3v) is 3.72. The largest absolute Gasteiger partial charge is 0.369 e. The Balaban J connectivity index is 0.000000210. The van der Waals surface area contributed by atoms with Crippen molar-refractivity contribution in [2.75, 3.05) is 5.73 Å². The second-order valence-corrected chi connectivity index (χ2v) is 6.19. The van der Waals surface area contributed by atoms with E-state index < -0.39 is 0 Å². The molecule has 1 aromatic heterocycles. The number of aromatic amines is 1. The van der Waals surface area contributed by atoms with Gasteiger partial charge in [0.05, 0.1) is 0 Å². The maximum atomic E-state index is 5.91. The highest BCUT2D eigenvalue weighted by atomic mass is 35.5. The van der Waals surface area contributed by atoms with Crippen LogP contribution in [-0.4, -0.2) is 9.97 Å². The molecule has 0 saturated heterocycles. The van der Waals surface area contributed by atoms with Crippen LogP contribution in [0.3, 0.4) is 0 Å². The van der Waals surface area contributed by atoms with E-state index in [2.05, 4.69) is 48.8 Å². The van der Waals surface area contributed by atoms with E-state index in [-0.39, 0.29) is 0 Å². The Labute approximate surface area is 131 Å². The van der Waals surface area contributed by atoms with Crippen LogP contribution >= 0.6 is 11.6 Å². The van der Waals surface area contributed by atoms with E-state index in [0.717, 1.165) is 16.6 Å². The van der Waals surface area contributed by atoms with Gasteiger partial charge in [0.15, 0.2) is 5.95 Å². The van der Waals surface area contributed by atoms with Gasteiger partial charge >= 0.3 is 0 Å². The lowest BCUT2D eigenvalue weighted by Gasteiger charge is -2.03. The third-order valence-electron chi connectivity index (χ3n) is 3.49. The van der Waals surface area contributed by atoms with Crippen LogP contribution in [0.2, 0.25) is 5.02 Å². The third kappa shape index (κ3) is 5.17. The molecule has 2 aromatic rings. The number of halogens is 1. The number of terminal acetylenes is 1. The highest BCUT2D eigenvalue weighted by Gasteiger charge is 2.46. The van der Waals surface area contributed by atoms with Crippen molar-refractivity contribution >= 4 is 17.5 Å². The summed E-state index contributed by atoms with van der Waals surface area (Å²) in [5, 5.41) is 0.857. The van der Waals surface area contributed by atoms with Gasteiger partial charge in [0.1, 0.15) is 0 Å². The normalized spacial score (nSPS) is 17.7. The van der Waals surface area contributed by atoms with Crippen molar-refractivity contribution in [3.05, 3.63) is 46.7 Å². The first kappa shape index (κ1) is 17.1. The van der Waals surface area contributed by atoms with E-state index in [1.54, 1.807) is 6.20 Å². The number of nitrogens with one attached hydrogen (secondary N) is 1. The van der Waals surface area contributed by atoms with Crippen molar-refractivity contribution in [1.29, 1.82) is 0 Å². The highest BCUT2D eigenvalue weighted by molar-refractivity contribution is 6.30. The molecule has 1 fully saturated rings. The number of aryl methyl sites for hydroxylation is 1. The monoisotopic (exact) mass is 303 g/mol. The fourth-order valence-electron chi connectivity index (χ4n) is 2.19. The van der Waals surface area contributed by atoms with Crippen LogP contribution < -0.4 is 5.73 Å². The molecule has 0 aliphatic heterocycles. The molecular weight excluding hydrogens is 282 g/mol. The maximum Gasteiger partial charge on any atom is 0.197 e. The van der Waals surface area contributed by atoms with E-state index in [1.807, 2.05) is 19.1 Å². The molecule has 112 valence electrons. The Morgan fingerprint density at radius 2 is 2.00 bits per heavy atom. The number of H-pyrrole nitrogens is 1. The van der Waals surface area contributed by atoms with Crippen LogP contribution in [0.5, 0.6) is 0 Å². The molecule has 0 unspecified atom stereocenters. The molecular formula is C17H22ClN3. The number of aromatic nitrogens is 2. The van der Waals surface area contributed by atoms with Crippen molar-refractivity contribution in [1.82, 2.24) is 9.97 Å². The van der Waals surface area contributed by atoms with Gasteiger partial charge in [-0.05, 0) is 42.4 Å². The molecule has 0 amide bonds. The smallest absolute Gasteiger partial charge is 0.197 e. The van der Waals surface area contributed by atoms with Gasteiger partial charge in [-0.25, -0.2) is 4.98 Å². The van der Waals surface area contributed by atoms with Gasteiger partial charge in [-0.15, -0.1) is 12.8 Å². The van der Waals surface area contributed by atoms with Gasteiger partial charge in [0, 0.05) is 16.9 Å². The molecule has 0 spiro atoms. The zero-order valence-electron chi connectivity index (χ0n) is 12.7. The first-order chi connectivity index (χ1) is 9.88. The number of imidazole rings is 1. The summed E-state index contributed by atoms with van der Waals surface area (Å²) in [6.07, 6.45) is 11.0. The van der Waals surface area contributed by atoms with E-state index >= 15 is 0 Å². The standard InChI is InChI=1S/C11H13Cl.C4H7N3.C2H2/c1-11(2)7-10(11)8-4-3-5-9(12)6-8;1-3-2-6-4(5)7-3;1-2/h3-6,10H,7H2,1-2H3;2H,1H3,(H3,5,6,7);1-2H/t10-;;/m0../s1. The van der Waals surface area contributed by atoms with Gasteiger partial charge in [0.25, 0.3) is 0 Å². The van der Waals surface area contributed by atoms with Crippen LogP contribution in [0.1, 0.15) is 37.4 Å². The molecule has 1 atom stereocenters. The van der Waals surface area contributed by atoms with Gasteiger partial charge in [-0.2, -0.15) is 0 Å². The first-order valence-corrected chi connectivity index (χ1v) is 7.12. The Morgan fingerprint density at radius 1 is 1.38 bits per heavy atom. The lowest BCUT2D eigenvalue weighted by Crippen LogP contribution is -1.88. The molecule has 1 aliphatic carbocycles. The first-order valence-electron chi connectivity index (χ1n) is 6.74. The number of benzene rings is 1. The average Bonchev–Trinajstić information content (AvgIpc) is 2.91. The van der Waals surface area contributed by atoms with Gasteiger partial charge < -0.3 is 10.7 Å². The zero-order chi connectivity index (χ0) is 16.0. The fraction of sp³-hybridized carbons (Fsp3) is 0.353.